The minimum Gasteiger partial charge on any atom is -0.441 e. The highest BCUT2D eigenvalue weighted by Crippen LogP contribution is 2.28. The number of nitrogen functional groups attached to an aromatic ring is 1. The van der Waals surface area contributed by atoms with Gasteiger partial charge < -0.3 is 10.2 Å². The Morgan fingerprint density at radius 2 is 2.16 bits per heavy atom. The van der Waals surface area contributed by atoms with Crippen molar-refractivity contribution < 1.29 is 4.42 Å². The summed E-state index contributed by atoms with van der Waals surface area (Å²) in [4.78, 5) is 8.16. The van der Waals surface area contributed by atoms with Crippen molar-refractivity contribution in [1.82, 2.24) is 9.97 Å². The zero-order chi connectivity index (χ0) is 13.4. The van der Waals surface area contributed by atoms with Crippen LogP contribution in [0.15, 0.2) is 34.9 Å². The van der Waals surface area contributed by atoms with E-state index < -0.39 is 0 Å². The smallest absolute Gasteiger partial charge is 0.192 e. The summed E-state index contributed by atoms with van der Waals surface area (Å²) < 4.78 is 5.49. The molecule has 1 aromatic carbocycles. The molecule has 3 aromatic rings. The fourth-order valence-corrected chi connectivity index (χ4v) is 2.04. The Balaban J connectivity index is 2.25. The second-order valence-electron chi connectivity index (χ2n) is 4.15. The van der Waals surface area contributed by atoms with Gasteiger partial charge in [-0.2, -0.15) is 5.26 Å². The summed E-state index contributed by atoms with van der Waals surface area (Å²) in [6.07, 6.45) is 1.58. The Morgan fingerprint density at radius 3 is 2.95 bits per heavy atom. The maximum Gasteiger partial charge on any atom is 0.192 e. The first-order valence-corrected chi connectivity index (χ1v) is 5.71. The van der Waals surface area contributed by atoms with Gasteiger partial charge in [-0.05, 0) is 23.8 Å². The van der Waals surface area contributed by atoms with Gasteiger partial charge in [0.15, 0.2) is 11.5 Å². The number of hydrogen-bond acceptors (Lipinski definition) is 5. The third-order valence-electron chi connectivity index (χ3n) is 2.90. The van der Waals surface area contributed by atoms with Gasteiger partial charge >= 0.3 is 0 Å². The number of oxazole rings is 1. The Kier molecular flexibility index (Phi) is 2.43. The number of benzene rings is 1. The SMILES string of the molecule is Cc1nc2ccc(-c3ccnc(N)c3C#N)cc2o1. The van der Waals surface area contributed by atoms with E-state index in [0.717, 1.165) is 16.6 Å². The van der Waals surface area contributed by atoms with Gasteiger partial charge in [-0.25, -0.2) is 9.97 Å². The Labute approximate surface area is 109 Å². The zero-order valence-electron chi connectivity index (χ0n) is 10.2. The number of anilines is 1. The Morgan fingerprint density at radius 1 is 1.32 bits per heavy atom. The second kappa shape index (κ2) is 4.10. The summed E-state index contributed by atoms with van der Waals surface area (Å²) in [6.45, 7) is 1.80. The van der Waals surface area contributed by atoms with Gasteiger partial charge in [-0.1, -0.05) is 6.07 Å². The number of nitrogens with two attached hydrogens (primary N) is 1. The topological polar surface area (TPSA) is 88.7 Å². The molecule has 5 heteroatoms. The maximum absolute atomic E-state index is 9.17. The van der Waals surface area contributed by atoms with E-state index in [2.05, 4.69) is 16.0 Å². The predicted octanol–water partition coefficient (Wildman–Crippen LogP) is 2.65. The molecule has 0 aliphatic carbocycles. The number of hydrogen-bond donors (Lipinski definition) is 1. The van der Waals surface area contributed by atoms with E-state index >= 15 is 0 Å². The third-order valence-corrected chi connectivity index (χ3v) is 2.90. The van der Waals surface area contributed by atoms with Crippen molar-refractivity contribution in [3.63, 3.8) is 0 Å². The van der Waals surface area contributed by atoms with Crippen molar-refractivity contribution >= 4 is 16.9 Å². The van der Waals surface area contributed by atoms with Crippen LogP contribution in [0.2, 0.25) is 0 Å². The Hall–Kier alpha value is -2.87. The minimum absolute atomic E-state index is 0.230. The number of pyridine rings is 1. The maximum atomic E-state index is 9.17. The monoisotopic (exact) mass is 250 g/mol. The molecule has 0 saturated carbocycles. The van der Waals surface area contributed by atoms with Gasteiger partial charge in [0, 0.05) is 18.7 Å². The minimum atomic E-state index is 0.230. The summed E-state index contributed by atoms with van der Waals surface area (Å²) >= 11 is 0. The van der Waals surface area contributed by atoms with Crippen LogP contribution in [0.1, 0.15) is 11.5 Å². The molecule has 0 spiro atoms. The van der Waals surface area contributed by atoms with Gasteiger partial charge in [0.2, 0.25) is 0 Å². The molecular formula is C14H10N4O. The zero-order valence-corrected chi connectivity index (χ0v) is 10.2. The molecule has 0 radical (unpaired) electrons. The van der Waals surface area contributed by atoms with E-state index in [0.29, 0.717) is 17.0 Å². The quantitative estimate of drug-likeness (QED) is 0.717. The van der Waals surface area contributed by atoms with E-state index in [-0.39, 0.29) is 5.82 Å². The number of nitriles is 1. The second-order valence-corrected chi connectivity index (χ2v) is 4.15. The molecule has 3 rings (SSSR count). The Bertz CT molecular complexity index is 814. The van der Waals surface area contributed by atoms with E-state index in [1.807, 2.05) is 18.2 Å². The highest BCUT2D eigenvalue weighted by molar-refractivity contribution is 5.83. The van der Waals surface area contributed by atoms with E-state index in [1.165, 1.54) is 0 Å². The molecule has 0 saturated heterocycles. The molecule has 0 unspecified atom stereocenters. The van der Waals surface area contributed by atoms with Crippen molar-refractivity contribution in [3.8, 4) is 17.2 Å². The first-order chi connectivity index (χ1) is 9.19. The molecular weight excluding hydrogens is 240 g/mol. The third kappa shape index (κ3) is 1.79. The molecule has 0 fully saturated rings. The van der Waals surface area contributed by atoms with Crippen LogP contribution in [0.3, 0.4) is 0 Å². The van der Waals surface area contributed by atoms with Crippen LogP contribution in [0.4, 0.5) is 5.82 Å². The molecule has 0 amide bonds. The van der Waals surface area contributed by atoms with Gasteiger partial charge in [0.05, 0.1) is 0 Å². The number of nitrogens with zero attached hydrogens (tertiary/aromatic N) is 3. The van der Waals surface area contributed by atoms with Gasteiger partial charge in [0.1, 0.15) is 23.0 Å². The molecule has 0 aliphatic heterocycles. The lowest BCUT2D eigenvalue weighted by molar-refractivity contribution is 0.561. The van der Waals surface area contributed by atoms with Crippen molar-refractivity contribution in [1.29, 1.82) is 5.26 Å². The lowest BCUT2D eigenvalue weighted by atomic mass is 10.0. The van der Waals surface area contributed by atoms with Crippen LogP contribution < -0.4 is 5.73 Å². The van der Waals surface area contributed by atoms with Crippen LogP contribution in [0.5, 0.6) is 0 Å². The van der Waals surface area contributed by atoms with E-state index in [4.69, 9.17) is 10.2 Å². The largest absolute Gasteiger partial charge is 0.441 e. The number of rotatable bonds is 1. The molecule has 92 valence electrons. The van der Waals surface area contributed by atoms with Crippen molar-refractivity contribution in [2.45, 2.75) is 6.92 Å². The van der Waals surface area contributed by atoms with Crippen molar-refractivity contribution in [3.05, 3.63) is 41.9 Å². The molecule has 0 bridgehead atoms. The van der Waals surface area contributed by atoms with Crippen LogP contribution >= 0.6 is 0 Å². The van der Waals surface area contributed by atoms with Gasteiger partial charge in [-0.3, -0.25) is 0 Å². The average molecular weight is 250 g/mol. The van der Waals surface area contributed by atoms with Crippen LogP contribution in [-0.4, -0.2) is 9.97 Å². The number of aryl methyl sites for hydroxylation is 1. The van der Waals surface area contributed by atoms with Crippen LogP contribution in [0, 0.1) is 18.3 Å². The molecule has 0 atom stereocenters. The molecule has 5 nitrogen and oxygen atoms in total. The van der Waals surface area contributed by atoms with E-state index in [1.54, 1.807) is 19.2 Å². The van der Waals surface area contributed by atoms with Gasteiger partial charge in [-0.15, -0.1) is 0 Å². The van der Waals surface area contributed by atoms with Crippen molar-refractivity contribution in [2.24, 2.45) is 0 Å². The van der Waals surface area contributed by atoms with Crippen LogP contribution in [-0.2, 0) is 0 Å². The predicted molar refractivity (Wildman–Crippen MR) is 71.1 cm³/mol. The fourth-order valence-electron chi connectivity index (χ4n) is 2.04. The molecule has 2 aromatic heterocycles. The number of fused-ring (bicyclic) bond motifs is 1. The molecule has 2 heterocycles. The summed E-state index contributed by atoms with van der Waals surface area (Å²) in [5, 5.41) is 9.17. The number of aromatic nitrogens is 2. The average Bonchev–Trinajstić information content (AvgIpc) is 2.77. The first kappa shape index (κ1) is 11.2. The van der Waals surface area contributed by atoms with Gasteiger partial charge in [0.25, 0.3) is 0 Å². The van der Waals surface area contributed by atoms with E-state index in [9.17, 15) is 5.26 Å². The van der Waals surface area contributed by atoms with Crippen LogP contribution in [0.25, 0.3) is 22.2 Å². The summed E-state index contributed by atoms with van der Waals surface area (Å²) in [5.74, 6) is 0.843. The normalized spacial score (nSPS) is 10.5. The fraction of sp³-hybridized carbons (Fsp3) is 0.0714. The standard InChI is InChI=1S/C14H10N4O/c1-8-18-12-3-2-9(6-13(12)19-8)10-4-5-17-14(16)11(10)7-15/h2-6H,1H3,(H2,16,17). The lowest BCUT2D eigenvalue weighted by Gasteiger charge is -2.05. The summed E-state index contributed by atoms with van der Waals surface area (Å²) in [7, 11) is 0. The van der Waals surface area contributed by atoms with Crippen molar-refractivity contribution in [2.75, 3.05) is 5.73 Å². The molecule has 2 N–H and O–H groups in total. The highest BCUT2D eigenvalue weighted by Gasteiger charge is 2.11. The first-order valence-electron chi connectivity index (χ1n) is 5.71. The lowest BCUT2D eigenvalue weighted by Crippen LogP contribution is -1.96. The summed E-state index contributed by atoms with van der Waals surface area (Å²) in [6, 6.07) is 9.45. The molecule has 19 heavy (non-hydrogen) atoms. The molecule has 0 aliphatic rings. The summed E-state index contributed by atoms with van der Waals surface area (Å²) in [5.41, 5.74) is 9.17. The highest BCUT2D eigenvalue weighted by atomic mass is 16.3.